The van der Waals surface area contributed by atoms with Crippen LogP contribution in [0.1, 0.15) is 44.6 Å². The first-order chi connectivity index (χ1) is 9.69. The lowest BCUT2D eigenvalue weighted by molar-refractivity contribution is -0.116. The third-order valence-electron chi connectivity index (χ3n) is 3.33. The van der Waals surface area contributed by atoms with Crippen molar-refractivity contribution in [2.75, 3.05) is 11.9 Å². The van der Waals surface area contributed by atoms with E-state index in [0.717, 1.165) is 25.7 Å². The van der Waals surface area contributed by atoms with Gasteiger partial charge in [-0.15, -0.1) is 0 Å². The SMILES string of the molecule is CCCC(CCN)CCC(=O)Nc1cccc(C#N)c1. The maximum absolute atomic E-state index is 11.9. The zero-order valence-electron chi connectivity index (χ0n) is 12.1. The molecule has 0 aliphatic carbocycles. The Bertz CT molecular complexity index is 459. The number of nitrogens with one attached hydrogen (secondary N) is 1. The van der Waals surface area contributed by atoms with Crippen molar-refractivity contribution in [1.29, 1.82) is 5.26 Å². The molecule has 0 aromatic heterocycles. The lowest BCUT2D eigenvalue weighted by Gasteiger charge is -2.14. The first kappa shape index (κ1) is 16.2. The van der Waals surface area contributed by atoms with Crippen molar-refractivity contribution in [2.45, 2.75) is 39.0 Å². The van der Waals surface area contributed by atoms with E-state index in [4.69, 9.17) is 11.0 Å². The summed E-state index contributed by atoms with van der Waals surface area (Å²) in [6.07, 6.45) is 4.59. The molecule has 108 valence electrons. The van der Waals surface area contributed by atoms with E-state index in [1.54, 1.807) is 24.3 Å². The number of anilines is 1. The molecule has 0 bridgehead atoms. The molecular formula is C16H23N3O. The number of hydrogen-bond acceptors (Lipinski definition) is 3. The molecule has 1 amide bonds. The minimum absolute atomic E-state index is 0.00165. The molecule has 1 rings (SSSR count). The summed E-state index contributed by atoms with van der Waals surface area (Å²) in [5.41, 5.74) is 6.82. The average molecular weight is 273 g/mol. The first-order valence-electron chi connectivity index (χ1n) is 7.19. The molecule has 4 nitrogen and oxygen atoms in total. The van der Waals surface area contributed by atoms with Gasteiger partial charge in [-0.05, 0) is 43.5 Å². The molecular weight excluding hydrogens is 250 g/mol. The van der Waals surface area contributed by atoms with Gasteiger partial charge in [-0.1, -0.05) is 25.8 Å². The maximum Gasteiger partial charge on any atom is 0.224 e. The molecule has 4 heteroatoms. The number of nitrogens with two attached hydrogens (primary N) is 1. The Labute approximate surface area is 121 Å². The Morgan fingerprint density at radius 2 is 2.20 bits per heavy atom. The van der Waals surface area contributed by atoms with E-state index < -0.39 is 0 Å². The maximum atomic E-state index is 11.9. The molecule has 0 fully saturated rings. The summed E-state index contributed by atoms with van der Waals surface area (Å²) >= 11 is 0. The predicted octanol–water partition coefficient (Wildman–Crippen LogP) is 3.04. The van der Waals surface area contributed by atoms with Gasteiger partial charge in [0.1, 0.15) is 0 Å². The minimum atomic E-state index is -0.00165. The van der Waals surface area contributed by atoms with E-state index in [2.05, 4.69) is 18.3 Å². The Morgan fingerprint density at radius 1 is 1.40 bits per heavy atom. The van der Waals surface area contributed by atoms with Crippen molar-refractivity contribution >= 4 is 11.6 Å². The number of benzene rings is 1. The molecule has 1 aromatic rings. The second-order valence-corrected chi connectivity index (χ2v) is 5.01. The van der Waals surface area contributed by atoms with Crippen molar-refractivity contribution in [1.82, 2.24) is 0 Å². The smallest absolute Gasteiger partial charge is 0.224 e. The Balaban J connectivity index is 2.44. The quantitative estimate of drug-likeness (QED) is 0.764. The molecule has 0 spiro atoms. The molecule has 20 heavy (non-hydrogen) atoms. The largest absolute Gasteiger partial charge is 0.330 e. The number of carbonyl (C=O) groups is 1. The van der Waals surface area contributed by atoms with E-state index in [-0.39, 0.29) is 5.91 Å². The second-order valence-electron chi connectivity index (χ2n) is 5.01. The van der Waals surface area contributed by atoms with Crippen LogP contribution < -0.4 is 11.1 Å². The monoisotopic (exact) mass is 273 g/mol. The molecule has 3 N–H and O–H groups in total. The van der Waals surface area contributed by atoms with Gasteiger partial charge < -0.3 is 11.1 Å². The van der Waals surface area contributed by atoms with Crippen molar-refractivity contribution < 1.29 is 4.79 Å². The zero-order valence-corrected chi connectivity index (χ0v) is 12.1. The van der Waals surface area contributed by atoms with Crippen LogP contribution in [0.25, 0.3) is 0 Å². The molecule has 1 unspecified atom stereocenters. The van der Waals surface area contributed by atoms with Crippen LogP contribution in [0.5, 0.6) is 0 Å². The lowest BCUT2D eigenvalue weighted by Crippen LogP contribution is -2.15. The van der Waals surface area contributed by atoms with Crippen LogP contribution in [-0.2, 0) is 4.79 Å². The number of rotatable bonds is 8. The summed E-state index contributed by atoms with van der Waals surface area (Å²) in [5.74, 6) is 0.527. The minimum Gasteiger partial charge on any atom is -0.330 e. The topological polar surface area (TPSA) is 78.9 Å². The van der Waals surface area contributed by atoms with Crippen molar-refractivity contribution in [3.8, 4) is 6.07 Å². The highest BCUT2D eigenvalue weighted by Gasteiger charge is 2.10. The first-order valence-corrected chi connectivity index (χ1v) is 7.19. The highest BCUT2D eigenvalue weighted by molar-refractivity contribution is 5.90. The van der Waals surface area contributed by atoms with Crippen LogP contribution in [0, 0.1) is 17.2 Å². The van der Waals surface area contributed by atoms with Crippen molar-refractivity contribution in [3.05, 3.63) is 29.8 Å². The van der Waals surface area contributed by atoms with Crippen molar-refractivity contribution in [2.24, 2.45) is 11.7 Å². The Kier molecular flexibility index (Phi) is 7.38. The van der Waals surface area contributed by atoms with Crippen LogP contribution in [0.15, 0.2) is 24.3 Å². The van der Waals surface area contributed by atoms with Gasteiger partial charge in [-0.25, -0.2) is 0 Å². The molecule has 1 aromatic carbocycles. The average Bonchev–Trinajstić information content (AvgIpc) is 2.45. The summed E-state index contributed by atoms with van der Waals surface area (Å²) in [6.45, 7) is 2.83. The summed E-state index contributed by atoms with van der Waals surface area (Å²) in [6, 6.07) is 9.02. The highest BCUT2D eigenvalue weighted by Crippen LogP contribution is 2.18. The fourth-order valence-corrected chi connectivity index (χ4v) is 2.30. The van der Waals surface area contributed by atoms with Crippen LogP contribution in [0.3, 0.4) is 0 Å². The van der Waals surface area contributed by atoms with Crippen LogP contribution in [-0.4, -0.2) is 12.5 Å². The van der Waals surface area contributed by atoms with E-state index in [9.17, 15) is 4.79 Å². The predicted molar refractivity (Wildman–Crippen MR) is 81.1 cm³/mol. The van der Waals surface area contributed by atoms with Gasteiger partial charge in [-0.2, -0.15) is 5.26 Å². The second kappa shape index (κ2) is 9.11. The van der Waals surface area contributed by atoms with E-state index in [0.29, 0.717) is 30.1 Å². The highest BCUT2D eigenvalue weighted by atomic mass is 16.1. The molecule has 0 heterocycles. The Hall–Kier alpha value is -1.86. The van der Waals surface area contributed by atoms with Gasteiger partial charge in [-0.3, -0.25) is 4.79 Å². The third kappa shape index (κ3) is 5.85. The van der Waals surface area contributed by atoms with Crippen molar-refractivity contribution in [3.63, 3.8) is 0 Å². The number of nitriles is 1. The molecule has 0 saturated heterocycles. The number of hydrogen-bond donors (Lipinski definition) is 2. The van der Waals surface area contributed by atoms with E-state index in [1.165, 1.54) is 0 Å². The van der Waals surface area contributed by atoms with Gasteiger partial charge >= 0.3 is 0 Å². The van der Waals surface area contributed by atoms with Gasteiger partial charge in [0, 0.05) is 12.1 Å². The molecule has 0 aliphatic rings. The summed E-state index contributed by atoms with van der Waals surface area (Å²) < 4.78 is 0. The molecule has 0 saturated carbocycles. The number of nitrogens with zero attached hydrogens (tertiary/aromatic N) is 1. The fourth-order valence-electron chi connectivity index (χ4n) is 2.30. The van der Waals surface area contributed by atoms with Gasteiger partial charge in [0.05, 0.1) is 11.6 Å². The molecule has 1 atom stereocenters. The molecule has 0 aliphatic heterocycles. The summed E-state index contributed by atoms with van der Waals surface area (Å²) in [7, 11) is 0. The number of amides is 1. The molecule has 0 radical (unpaired) electrons. The lowest BCUT2D eigenvalue weighted by atomic mass is 9.94. The summed E-state index contributed by atoms with van der Waals surface area (Å²) in [4.78, 5) is 11.9. The summed E-state index contributed by atoms with van der Waals surface area (Å²) in [5, 5.41) is 11.7. The number of carbonyl (C=O) groups excluding carboxylic acids is 1. The van der Waals surface area contributed by atoms with Gasteiger partial charge in [0.25, 0.3) is 0 Å². The van der Waals surface area contributed by atoms with Crippen LogP contribution in [0.2, 0.25) is 0 Å². The Morgan fingerprint density at radius 3 is 2.85 bits per heavy atom. The van der Waals surface area contributed by atoms with Crippen LogP contribution >= 0.6 is 0 Å². The standard InChI is InChI=1S/C16H23N3O/c1-2-4-13(9-10-17)7-8-16(20)19-15-6-3-5-14(11-15)12-18/h3,5-6,11,13H,2,4,7-10,17H2,1H3,(H,19,20). The van der Waals surface area contributed by atoms with Crippen LogP contribution in [0.4, 0.5) is 5.69 Å². The van der Waals surface area contributed by atoms with E-state index >= 15 is 0 Å². The fraction of sp³-hybridized carbons (Fsp3) is 0.500. The van der Waals surface area contributed by atoms with E-state index in [1.807, 2.05) is 0 Å². The van der Waals surface area contributed by atoms with Gasteiger partial charge in [0.2, 0.25) is 5.91 Å². The normalized spacial score (nSPS) is 11.7. The third-order valence-corrected chi connectivity index (χ3v) is 3.33. The zero-order chi connectivity index (χ0) is 14.8. The van der Waals surface area contributed by atoms with Gasteiger partial charge in [0.15, 0.2) is 0 Å².